The van der Waals surface area contributed by atoms with Gasteiger partial charge in [0.2, 0.25) is 5.91 Å². The summed E-state index contributed by atoms with van der Waals surface area (Å²) in [6.45, 7) is 0.965. The first-order valence-corrected chi connectivity index (χ1v) is 4.89. The lowest BCUT2D eigenvalue weighted by atomic mass is 9.77. The molecule has 0 radical (unpaired) electrons. The van der Waals surface area contributed by atoms with Crippen molar-refractivity contribution in [1.82, 2.24) is 0 Å². The number of nitrogens with two attached hydrogens (primary N) is 1. The Balaban J connectivity index is 3.47. The molecule has 18 heavy (non-hydrogen) atoms. The van der Waals surface area contributed by atoms with Crippen LogP contribution in [-0.4, -0.2) is 23.0 Å². The maximum absolute atomic E-state index is 12.8. The van der Waals surface area contributed by atoms with Crippen LogP contribution in [0.1, 0.15) is 12.5 Å². The minimum Gasteiger partial charge on any atom is -0.411 e. The average molecular weight is 260 g/mol. The van der Waals surface area contributed by atoms with Crippen LogP contribution in [0.2, 0.25) is 0 Å². The minimum absolute atomic E-state index is 0.00243. The Morgan fingerprint density at radius 3 is 2.11 bits per heavy atom. The summed E-state index contributed by atoms with van der Waals surface area (Å²) in [6, 6.07) is 7.11. The Morgan fingerprint density at radius 1 is 1.28 bits per heavy atom. The first-order valence-electron chi connectivity index (χ1n) is 4.89. The molecule has 0 saturated carbocycles. The lowest BCUT2D eigenvalue weighted by molar-refractivity contribution is -0.123. The first kappa shape index (κ1) is 14.0. The van der Waals surface area contributed by atoms with Gasteiger partial charge in [-0.1, -0.05) is 35.5 Å². The van der Waals surface area contributed by atoms with Crippen molar-refractivity contribution in [1.29, 1.82) is 0 Å². The highest BCUT2D eigenvalue weighted by Crippen LogP contribution is 2.34. The summed E-state index contributed by atoms with van der Waals surface area (Å²) in [5, 5.41) is 10.8. The van der Waals surface area contributed by atoms with E-state index in [1.165, 1.54) is 24.3 Å². The number of nitrogens with zero attached hydrogens (tertiary/aromatic N) is 1. The molecule has 0 bridgehead atoms. The second kappa shape index (κ2) is 4.67. The fraction of sp³-hybridized carbons (Fsp3) is 0.273. The molecule has 1 amide bonds. The molecule has 1 aromatic rings. The fourth-order valence-corrected chi connectivity index (χ4v) is 1.61. The van der Waals surface area contributed by atoms with Crippen molar-refractivity contribution in [2.75, 3.05) is 0 Å². The average Bonchev–Trinajstić information content (AvgIpc) is 2.28. The maximum atomic E-state index is 12.8. The molecule has 3 N–H and O–H groups in total. The molecule has 0 spiro atoms. The standard InChI is InChI=1S/C11H11F3N2O2/c1-10(9(15)17,7-5-3-2-4-6-7)8(16-18)11(12,13)14/h2-6,18H,1H3,(H2,15,17). The zero-order chi connectivity index (χ0) is 14.0. The molecule has 7 heteroatoms. The SMILES string of the molecule is CC(C(N)=O)(C(=NO)C(F)(F)F)c1ccccc1. The number of amides is 1. The van der Waals surface area contributed by atoms with E-state index < -0.39 is 23.2 Å². The van der Waals surface area contributed by atoms with E-state index in [0.29, 0.717) is 0 Å². The fourth-order valence-electron chi connectivity index (χ4n) is 1.61. The Kier molecular flexibility index (Phi) is 3.64. The Hall–Kier alpha value is -2.05. The molecular formula is C11H11F3N2O2. The van der Waals surface area contributed by atoms with E-state index in [9.17, 15) is 18.0 Å². The zero-order valence-electron chi connectivity index (χ0n) is 9.40. The molecule has 1 atom stereocenters. The third-order valence-corrected chi connectivity index (χ3v) is 2.69. The van der Waals surface area contributed by atoms with E-state index in [1.807, 2.05) is 0 Å². The molecule has 1 unspecified atom stereocenters. The Morgan fingerprint density at radius 2 is 1.78 bits per heavy atom. The normalized spacial score (nSPS) is 16.1. The van der Waals surface area contributed by atoms with E-state index in [1.54, 1.807) is 6.07 Å². The van der Waals surface area contributed by atoms with E-state index in [-0.39, 0.29) is 5.56 Å². The van der Waals surface area contributed by atoms with Gasteiger partial charge in [-0.3, -0.25) is 4.79 Å². The highest BCUT2D eigenvalue weighted by atomic mass is 19.4. The van der Waals surface area contributed by atoms with Crippen LogP contribution >= 0.6 is 0 Å². The van der Waals surface area contributed by atoms with Crippen LogP contribution in [0.15, 0.2) is 35.5 Å². The third-order valence-electron chi connectivity index (χ3n) is 2.69. The molecule has 1 aromatic carbocycles. The number of hydrogen-bond donors (Lipinski definition) is 2. The van der Waals surface area contributed by atoms with Gasteiger partial charge in [-0.05, 0) is 12.5 Å². The number of halogens is 3. The van der Waals surface area contributed by atoms with Gasteiger partial charge in [0.05, 0.1) is 0 Å². The number of hydrogen-bond acceptors (Lipinski definition) is 3. The van der Waals surface area contributed by atoms with Gasteiger partial charge >= 0.3 is 6.18 Å². The summed E-state index contributed by atoms with van der Waals surface area (Å²) < 4.78 is 38.3. The molecule has 98 valence electrons. The van der Waals surface area contributed by atoms with Gasteiger partial charge in [-0.25, -0.2) is 0 Å². The zero-order valence-corrected chi connectivity index (χ0v) is 9.40. The van der Waals surface area contributed by atoms with Gasteiger partial charge in [0, 0.05) is 0 Å². The number of oxime groups is 1. The van der Waals surface area contributed by atoms with Crippen molar-refractivity contribution in [3.8, 4) is 0 Å². The van der Waals surface area contributed by atoms with Crippen LogP contribution in [0, 0.1) is 0 Å². The number of rotatable bonds is 3. The number of alkyl halides is 3. The van der Waals surface area contributed by atoms with E-state index in [0.717, 1.165) is 6.92 Å². The van der Waals surface area contributed by atoms with E-state index >= 15 is 0 Å². The van der Waals surface area contributed by atoms with Gasteiger partial charge in [0.1, 0.15) is 5.41 Å². The molecule has 0 heterocycles. The van der Waals surface area contributed by atoms with Crippen molar-refractivity contribution in [3.63, 3.8) is 0 Å². The third kappa shape index (κ3) is 2.29. The lowest BCUT2D eigenvalue weighted by Gasteiger charge is -2.28. The topological polar surface area (TPSA) is 75.7 Å². The van der Waals surface area contributed by atoms with Crippen molar-refractivity contribution in [2.24, 2.45) is 10.9 Å². The van der Waals surface area contributed by atoms with Crippen molar-refractivity contribution >= 4 is 11.6 Å². The van der Waals surface area contributed by atoms with E-state index in [2.05, 4.69) is 5.16 Å². The van der Waals surface area contributed by atoms with Crippen LogP contribution in [0.3, 0.4) is 0 Å². The van der Waals surface area contributed by atoms with Crippen molar-refractivity contribution < 1.29 is 23.2 Å². The summed E-state index contributed by atoms with van der Waals surface area (Å²) in [5.74, 6) is -1.25. The van der Waals surface area contributed by atoms with Crippen LogP contribution in [-0.2, 0) is 10.2 Å². The van der Waals surface area contributed by atoms with Gasteiger partial charge in [-0.15, -0.1) is 0 Å². The molecule has 0 aliphatic carbocycles. The van der Waals surface area contributed by atoms with Gasteiger partial charge in [0.15, 0.2) is 5.71 Å². The van der Waals surface area contributed by atoms with Crippen LogP contribution < -0.4 is 5.73 Å². The number of carbonyl (C=O) groups excluding carboxylic acids is 1. The quantitative estimate of drug-likeness (QED) is 0.494. The molecular weight excluding hydrogens is 249 g/mol. The van der Waals surface area contributed by atoms with Crippen LogP contribution in [0.5, 0.6) is 0 Å². The van der Waals surface area contributed by atoms with Gasteiger partial charge in [-0.2, -0.15) is 13.2 Å². The van der Waals surface area contributed by atoms with Crippen LogP contribution in [0.4, 0.5) is 13.2 Å². The monoisotopic (exact) mass is 260 g/mol. The molecule has 0 aromatic heterocycles. The van der Waals surface area contributed by atoms with Gasteiger partial charge < -0.3 is 10.9 Å². The summed E-state index contributed by atoms with van der Waals surface area (Å²) in [5.41, 5.74) is 1.16. The number of carbonyl (C=O) groups is 1. The lowest BCUT2D eigenvalue weighted by Crippen LogP contribution is -2.51. The predicted molar refractivity (Wildman–Crippen MR) is 58.3 cm³/mol. The Labute approximate surface area is 101 Å². The predicted octanol–water partition coefficient (Wildman–Crippen LogP) is 1.82. The molecule has 0 saturated heterocycles. The smallest absolute Gasteiger partial charge is 0.411 e. The summed E-state index contributed by atoms with van der Waals surface area (Å²) in [6.07, 6.45) is -4.96. The van der Waals surface area contributed by atoms with Crippen LogP contribution in [0.25, 0.3) is 0 Å². The summed E-state index contributed by atoms with van der Waals surface area (Å²) in [4.78, 5) is 11.4. The molecule has 0 aliphatic heterocycles. The molecule has 1 rings (SSSR count). The molecule has 0 fully saturated rings. The number of benzene rings is 1. The van der Waals surface area contributed by atoms with E-state index in [4.69, 9.17) is 10.9 Å². The summed E-state index contributed by atoms with van der Waals surface area (Å²) in [7, 11) is 0. The molecule has 4 nitrogen and oxygen atoms in total. The van der Waals surface area contributed by atoms with Crippen molar-refractivity contribution in [3.05, 3.63) is 35.9 Å². The van der Waals surface area contributed by atoms with Gasteiger partial charge in [0.25, 0.3) is 0 Å². The first-order chi connectivity index (χ1) is 8.24. The largest absolute Gasteiger partial charge is 0.434 e. The second-order valence-electron chi connectivity index (χ2n) is 3.80. The Bertz CT molecular complexity index is 471. The number of primary amides is 1. The molecule has 0 aliphatic rings. The summed E-state index contributed by atoms with van der Waals surface area (Å²) >= 11 is 0. The highest BCUT2D eigenvalue weighted by Gasteiger charge is 2.53. The maximum Gasteiger partial charge on any atom is 0.434 e. The highest BCUT2D eigenvalue weighted by molar-refractivity contribution is 6.15. The minimum atomic E-state index is -4.96. The second-order valence-corrected chi connectivity index (χ2v) is 3.80. The van der Waals surface area contributed by atoms with Crippen molar-refractivity contribution in [2.45, 2.75) is 18.5 Å².